The van der Waals surface area contributed by atoms with E-state index in [2.05, 4.69) is 15.8 Å². The summed E-state index contributed by atoms with van der Waals surface area (Å²) in [5.74, 6) is 0.899. The Kier molecular flexibility index (Phi) is 5.79. The molecule has 0 aromatic heterocycles. The van der Waals surface area contributed by atoms with Crippen LogP contribution >= 0.6 is 0 Å². The molecule has 0 radical (unpaired) electrons. The first kappa shape index (κ1) is 20.7. The third kappa shape index (κ3) is 4.33. The fraction of sp³-hybridized carbons (Fsp3) is 0.348. The predicted octanol–water partition coefficient (Wildman–Crippen LogP) is 2.26. The number of hydrazone groups is 1. The van der Waals surface area contributed by atoms with Gasteiger partial charge in [0.05, 0.1) is 18.7 Å². The molecule has 2 amide bonds. The maximum atomic E-state index is 13.0. The number of rotatable bonds is 5. The topological polar surface area (TPSA) is 92.3 Å². The van der Waals surface area contributed by atoms with Gasteiger partial charge in [-0.25, -0.2) is 0 Å². The van der Waals surface area contributed by atoms with Crippen LogP contribution in [0.3, 0.4) is 0 Å². The number of amides is 2. The van der Waals surface area contributed by atoms with Crippen LogP contribution in [0.4, 0.5) is 5.69 Å². The Morgan fingerprint density at radius 3 is 2.77 bits per heavy atom. The summed E-state index contributed by atoms with van der Waals surface area (Å²) >= 11 is 0. The van der Waals surface area contributed by atoms with E-state index in [1.54, 1.807) is 33.3 Å². The third-order valence-electron chi connectivity index (χ3n) is 5.56. The number of hydrogen-bond donors (Lipinski definition) is 2. The van der Waals surface area contributed by atoms with E-state index < -0.39 is 0 Å². The van der Waals surface area contributed by atoms with E-state index in [0.717, 1.165) is 17.7 Å². The Bertz CT molecular complexity index is 1030. The first-order valence-corrected chi connectivity index (χ1v) is 10.2. The lowest BCUT2D eigenvalue weighted by molar-refractivity contribution is -0.121. The molecule has 2 aromatic carbocycles. The van der Waals surface area contributed by atoms with Crippen LogP contribution in [0.25, 0.3) is 0 Å². The Morgan fingerprint density at radius 2 is 2.06 bits per heavy atom. The highest BCUT2D eigenvalue weighted by Gasteiger charge is 2.28. The highest BCUT2D eigenvalue weighted by atomic mass is 16.5. The molecular formula is C23H26N4O4. The summed E-state index contributed by atoms with van der Waals surface area (Å²) in [7, 11) is 5.01. The fourth-order valence-corrected chi connectivity index (χ4v) is 3.78. The van der Waals surface area contributed by atoms with Crippen molar-refractivity contribution in [2.24, 2.45) is 11.0 Å². The third-order valence-corrected chi connectivity index (χ3v) is 5.56. The van der Waals surface area contributed by atoms with Crippen molar-refractivity contribution in [3.05, 3.63) is 53.1 Å². The monoisotopic (exact) mass is 422 g/mol. The van der Waals surface area contributed by atoms with Crippen LogP contribution < -0.4 is 20.2 Å². The number of nitrogens with zero attached hydrogens (tertiary/aromatic N) is 2. The molecule has 0 aliphatic carbocycles. The smallest absolute Gasteiger partial charge is 0.253 e. The van der Waals surface area contributed by atoms with E-state index in [1.165, 1.54) is 4.90 Å². The Balaban J connectivity index is 1.48. The van der Waals surface area contributed by atoms with Gasteiger partial charge in [0.25, 0.3) is 5.91 Å². The zero-order valence-electron chi connectivity index (χ0n) is 17.8. The predicted molar refractivity (Wildman–Crippen MR) is 118 cm³/mol. The number of carbonyl (C=O) groups is 2. The quantitative estimate of drug-likeness (QED) is 0.771. The van der Waals surface area contributed by atoms with Crippen LogP contribution in [0, 0.1) is 5.92 Å². The fourth-order valence-electron chi connectivity index (χ4n) is 3.78. The van der Waals surface area contributed by atoms with Gasteiger partial charge in [0, 0.05) is 38.3 Å². The Labute approximate surface area is 181 Å². The first-order valence-electron chi connectivity index (χ1n) is 10.2. The van der Waals surface area contributed by atoms with Gasteiger partial charge >= 0.3 is 0 Å². The molecule has 2 unspecified atom stereocenters. The summed E-state index contributed by atoms with van der Waals surface area (Å²) in [6, 6.07) is 11.1. The summed E-state index contributed by atoms with van der Waals surface area (Å²) in [6.07, 6.45) is 2.36. The van der Waals surface area contributed by atoms with Crippen LogP contribution in [0.2, 0.25) is 0 Å². The Hall–Kier alpha value is -3.55. The van der Waals surface area contributed by atoms with Gasteiger partial charge in [-0.05, 0) is 47.9 Å². The molecule has 0 bridgehead atoms. The molecule has 0 saturated carbocycles. The van der Waals surface area contributed by atoms with Crippen molar-refractivity contribution in [2.45, 2.75) is 12.3 Å². The molecule has 31 heavy (non-hydrogen) atoms. The lowest BCUT2D eigenvalue weighted by Gasteiger charge is -2.25. The molecule has 2 aliphatic heterocycles. The zero-order chi connectivity index (χ0) is 22.0. The van der Waals surface area contributed by atoms with E-state index in [1.807, 2.05) is 30.5 Å². The van der Waals surface area contributed by atoms with Gasteiger partial charge in [-0.2, -0.15) is 5.10 Å². The average molecular weight is 422 g/mol. The molecule has 8 heteroatoms. The van der Waals surface area contributed by atoms with Gasteiger partial charge in [-0.1, -0.05) is 6.07 Å². The van der Waals surface area contributed by atoms with Gasteiger partial charge in [-0.15, -0.1) is 0 Å². The van der Waals surface area contributed by atoms with E-state index >= 15 is 0 Å². The van der Waals surface area contributed by atoms with E-state index in [0.29, 0.717) is 29.2 Å². The Morgan fingerprint density at radius 1 is 1.23 bits per heavy atom. The molecular weight excluding hydrogens is 396 g/mol. The van der Waals surface area contributed by atoms with Crippen LogP contribution in [-0.4, -0.2) is 57.3 Å². The summed E-state index contributed by atoms with van der Waals surface area (Å²) in [4.78, 5) is 26.7. The lowest BCUT2D eigenvalue weighted by Crippen LogP contribution is -2.33. The minimum absolute atomic E-state index is 0.0818. The maximum Gasteiger partial charge on any atom is 0.253 e. The second kappa shape index (κ2) is 8.67. The van der Waals surface area contributed by atoms with Crippen molar-refractivity contribution in [1.82, 2.24) is 10.3 Å². The molecule has 2 N–H and O–H groups in total. The van der Waals surface area contributed by atoms with Crippen molar-refractivity contribution in [3.8, 4) is 11.5 Å². The van der Waals surface area contributed by atoms with Crippen LogP contribution in [0.1, 0.15) is 27.4 Å². The molecule has 8 nitrogen and oxygen atoms in total. The SMILES string of the molecule is COc1cc(C2C=NNC2)ccc1NC(=O)C1COc2ccc(C(=O)N(C)C)cc2C1. The highest BCUT2D eigenvalue weighted by molar-refractivity contribution is 5.96. The van der Waals surface area contributed by atoms with Crippen LogP contribution in [0.5, 0.6) is 11.5 Å². The van der Waals surface area contributed by atoms with Gasteiger partial charge in [0.2, 0.25) is 5.91 Å². The number of ether oxygens (including phenoxy) is 2. The van der Waals surface area contributed by atoms with Gasteiger partial charge in [0.15, 0.2) is 0 Å². The molecule has 2 aromatic rings. The summed E-state index contributed by atoms with van der Waals surface area (Å²) in [5, 5.41) is 7.02. The number of methoxy groups -OCH3 is 1. The molecule has 2 atom stereocenters. The number of anilines is 1. The van der Waals surface area contributed by atoms with Crippen molar-refractivity contribution in [2.75, 3.05) is 39.7 Å². The first-order chi connectivity index (χ1) is 15.0. The lowest BCUT2D eigenvalue weighted by atomic mass is 9.94. The average Bonchev–Trinajstić information content (AvgIpc) is 3.33. The molecule has 162 valence electrons. The number of carbonyl (C=O) groups excluding carboxylic acids is 2. The maximum absolute atomic E-state index is 13.0. The largest absolute Gasteiger partial charge is 0.495 e. The summed E-state index contributed by atoms with van der Waals surface area (Å²) in [5.41, 5.74) is 6.06. The molecule has 2 heterocycles. The number of benzene rings is 2. The normalized spacial score (nSPS) is 19.1. The van der Waals surface area contributed by atoms with Gasteiger partial charge in [-0.3, -0.25) is 9.59 Å². The molecule has 2 aliphatic rings. The zero-order valence-corrected chi connectivity index (χ0v) is 17.8. The minimum atomic E-state index is -0.368. The molecule has 0 saturated heterocycles. The second-order valence-electron chi connectivity index (χ2n) is 7.93. The van der Waals surface area contributed by atoms with Crippen LogP contribution in [0.15, 0.2) is 41.5 Å². The van der Waals surface area contributed by atoms with Crippen molar-refractivity contribution >= 4 is 23.7 Å². The molecule has 0 spiro atoms. The van der Waals surface area contributed by atoms with E-state index in [4.69, 9.17) is 9.47 Å². The molecule has 0 fully saturated rings. The van der Waals surface area contributed by atoms with Crippen molar-refractivity contribution in [1.29, 1.82) is 0 Å². The summed E-state index contributed by atoms with van der Waals surface area (Å²) in [6.45, 7) is 1.02. The second-order valence-corrected chi connectivity index (χ2v) is 7.93. The number of fused-ring (bicyclic) bond motifs is 1. The number of nitrogens with one attached hydrogen (secondary N) is 2. The number of hydrogen-bond acceptors (Lipinski definition) is 6. The summed E-state index contributed by atoms with van der Waals surface area (Å²) < 4.78 is 11.3. The minimum Gasteiger partial charge on any atom is -0.495 e. The highest BCUT2D eigenvalue weighted by Crippen LogP contribution is 2.32. The van der Waals surface area contributed by atoms with Gasteiger partial charge < -0.3 is 25.1 Å². The van der Waals surface area contributed by atoms with E-state index in [-0.39, 0.29) is 30.3 Å². The van der Waals surface area contributed by atoms with Gasteiger partial charge in [0.1, 0.15) is 18.1 Å². The van der Waals surface area contributed by atoms with Crippen LogP contribution in [-0.2, 0) is 11.2 Å². The van der Waals surface area contributed by atoms with Crippen molar-refractivity contribution in [3.63, 3.8) is 0 Å². The molecule has 4 rings (SSSR count). The standard InChI is InChI=1S/C23H26N4O4/c1-27(2)23(29)15-5-7-20-16(8-15)9-17(13-31-20)22(28)26-19-6-4-14(10-21(19)30-3)18-11-24-25-12-18/h4-8,10-11,17-18,25H,9,12-13H2,1-3H3,(H,26,28). The van der Waals surface area contributed by atoms with E-state index in [9.17, 15) is 9.59 Å². The van der Waals surface area contributed by atoms with Crippen molar-refractivity contribution < 1.29 is 19.1 Å².